The van der Waals surface area contributed by atoms with E-state index in [2.05, 4.69) is 34.4 Å². The van der Waals surface area contributed by atoms with Crippen molar-refractivity contribution in [2.45, 2.75) is 45.7 Å². The molecule has 0 radical (unpaired) electrons. The van der Waals surface area contributed by atoms with Gasteiger partial charge in [-0.25, -0.2) is 0 Å². The predicted octanol–water partition coefficient (Wildman–Crippen LogP) is 1.94. The van der Waals surface area contributed by atoms with Gasteiger partial charge in [-0.2, -0.15) is 10.1 Å². The molecule has 0 aliphatic carbocycles. The second kappa shape index (κ2) is 5.13. The fourth-order valence-electron chi connectivity index (χ4n) is 2.44. The van der Waals surface area contributed by atoms with Crippen molar-refractivity contribution in [2.75, 3.05) is 6.54 Å². The predicted molar refractivity (Wildman–Crippen MR) is 70.5 cm³/mol. The highest BCUT2D eigenvalue weighted by molar-refractivity contribution is 5.48. The fraction of sp³-hybridized carbons (Fsp3) is 0.615. The van der Waals surface area contributed by atoms with E-state index in [1.807, 2.05) is 10.7 Å². The summed E-state index contributed by atoms with van der Waals surface area (Å²) in [4.78, 5) is 4.52. The Labute approximate surface area is 112 Å². The largest absolute Gasteiger partial charge is 0.332 e. The van der Waals surface area contributed by atoms with Crippen LogP contribution in [0.25, 0.3) is 11.6 Å². The Morgan fingerprint density at radius 1 is 1.47 bits per heavy atom. The van der Waals surface area contributed by atoms with Crippen LogP contribution in [0.4, 0.5) is 0 Å². The van der Waals surface area contributed by atoms with Crippen LogP contribution in [0.5, 0.6) is 0 Å². The van der Waals surface area contributed by atoms with Crippen LogP contribution in [-0.2, 0) is 13.0 Å². The summed E-state index contributed by atoms with van der Waals surface area (Å²) in [6.45, 7) is 5.98. The number of aromatic nitrogens is 4. The van der Waals surface area contributed by atoms with Gasteiger partial charge in [0.1, 0.15) is 5.69 Å². The van der Waals surface area contributed by atoms with Crippen LogP contribution < -0.4 is 5.32 Å². The summed E-state index contributed by atoms with van der Waals surface area (Å²) < 4.78 is 7.32. The van der Waals surface area contributed by atoms with E-state index in [9.17, 15) is 0 Å². The number of hydrogen-bond acceptors (Lipinski definition) is 5. The third kappa shape index (κ3) is 2.28. The van der Waals surface area contributed by atoms with Gasteiger partial charge < -0.3 is 9.84 Å². The van der Waals surface area contributed by atoms with Gasteiger partial charge in [-0.15, -0.1) is 0 Å². The van der Waals surface area contributed by atoms with Gasteiger partial charge in [0.25, 0.3) is 5.89 Å². The Kier molecular flexibility index (Phi) is 3.33. The first-order chi connectivity index (χ1) is 9.31. The van der Waals surface area contributed by atoms with Crippen molar-refractivity contribution in [3.63, 3.8) is 0 Å². The highest BCUT2D eigenvalue weighted by Gasteiger charge is 2.23. The molecule has 1 aliphatic rings. The van der Waals surface area contributed by atoms with E-state index in [4.69, 9.17) is 4.52 Å². The second-order valence-corrected chi connectivity index (χ2v) is 4.80. The molecule has 1 atom stereocenters. The van der Waals surface area contributed by atoms with Crippen molar-refractivity contribution in [1.29, 1.82) is 0 Å². The number of nitrogens with one attached hydrogen (secondary N) is 1. The molecule has 2 aromatic heterocycles. The zero-order valence-electron chi connectivity index (χ0n) is 11.4. The zero-order valence-corrected chi connectivity index (χ0v) is 11.4. The lowest BCUT2D eigenvalue weighted by Crippen LogP contribution is -2.14. The fourth-order valence-corrected chi connectivity index (χ4v) is 2.44. The molecule has 1 saturated heterocycles. The van der Waals surface area contributed by atoms with Gasteiger partial charge >= 0.3 is 0 Å². The smallest absolute Gasteiger partial charge is 0.276 e. The first-order valence-electron chi connectivity index (χ1n) is 6.96. The van der Waals surface area contributed by atoms with Crippen molar-refractivity contribution < 1.29 is 4.52 Å². The Bertz CT molecular complexity index is 553. The molecule has 1 unspecified atom stereocenters. The minimum atomic E-state index is 0.237. The molecule has 1 aliphatic heterocycles. The Balaban J connectivity index is 1.91. The summed E-state index contributed by atoms with van der Waals surface area (Å²) >= 11 is 0. The first-order valence-corrected chi connectivity index (χ1v) is 6.96. The van der Waals surface area contributed by atoms with Gasteiger partial charge in [0, 0.05) is 6.54 Å². The van der Waals surface area contributed by atoms with Crippen LogP contribution in [0.15, 0.2) is 10.6 Å². The van der Waals surface area contributed by atoms with Crippen LogP contribution in [0, 0.1) is 0 Å². The molecule has 1 fully saturated rings. The quantitative estimate of drug-likeness (QED) is 0.911. The lowest BCUT2D eigenvalue weighted by Gasteiger charge is -2.01. The minimum Gasteiger partial charge on any atom is -0.332 e. The van der Waals surface area contributed by atoms with Gasteiger partial charge in [0.15, 0.2) is 5.82 Å². The number of rotatable bonds is 4. The summed E-state index contributed by atoms with van der Waals surface area (Å²) in [5.74, 6) is 1.33. The lowest BCUT2D eigenvalue weighted by molar-refractivity contribution is 0.408. The highest BCUT2D eigenvalue weighted by atomic mass is 16.5. The number of aryl methyl sites for hydroxylation is 2. The molecule has 6 heteroatoms. The summed E-state index contributed by atoms with van der Waals surface area (Å²) in [6, 6.07) is 2.27. The standard InChI is InChI=1S/C13H19N5O/c1-3-9-8-11(18(4-2)16-9)13-15-12(17-19-13)10-6-5-7-14-10/h8,10,14H,3-7H2,1-2H3. The molecule has 6 nitrogen and oxygen atoms in total. The van der Waals surface area contributed by atoms with Crippen molar-refractivity contribution >= 4 is 0 Å². The van der Waals surface area contributed by atoms with Crippen molar-refractivity contribution in [2.24, 2.45) is 0 Å². The van der Waals surface area contributed by atoms with E-state index in [0.717, 1.165) is 43.1 Å². The van der Waals surface area contributed by atoms with Gasteiger partial charge in [-0.1, -0.05) is 12.1 Å². The maximum atomic E-state index is 5.40. The Hall–Kier alpha value is -1.69. The van der Waals surface area contributed by atoms with Gasteiger partial charge in [0.05, 0.1) is 11.7 Å². The SMILES string of the molecule is CCc1cc(-c2nc(C3CCCN3)no2)n(CC)n1. The molecule has 0 aromatic carbocycles. The summed E-state index contributed by atoms with van der Waals surface area (Å²) in [6.07, 6.45) is 3.15. The van der Waals surface area contributed by atoms with E-state index in [1.165, 1.54) is 6.42 Å². The van der Waals surface area contributed by atoms with Gasteiger partial charge in [-0.05, 0) is 38.8 Å². The maximum absolute atomic E-state index is 5.40. The second-order valence-electron chi connectivity index (χ2n) is 4.80. The maximum Gasteiger partial charge on any atom is 0.276 e. The van der Waals surface area contributed by atoms with E-state index in [1.54, 1.807) is 0 Å². The molecule has 19 heavy (non-hydrogen) atoms. The van der Waals surface area contributed by atoms with Crippen LogP contribution in [-0.4, -0.2) is 26.5 Å². The average molecular weight is 261 g/mol. The Morgan fingerprint density at radius 3 is 3.05 bits per heavy atom. The third-order valence-electron chi connectivity index (χ3n) is 3.53. The molecule has 2 aromatic rings. The van der Waals surface area contributed by atoms with E-state index < -0.39 is 0 Å². The van der Waals surface area contributed by atoms with Crippen molar-refractivity contribution in [3.05, 3.63) is 17.6 Å². The van der Waals surface area contributed by atoms with Crippen LogP contribution in [0.2, 0.25) is 0 Å². The molecular weight excluding hydrogens is 242 g/mol. The van der Waals surface area contributed by atoms with Crippen LogP contribution in [0.1, 0.15) is 44.2 Å². The van der Waals surface area contributed by atoms with E-state index >= 15 is 0 Å². The highest BCUT2D eigenvalue weighted by Crippen LogP contribution is 2.24. The number of hydrogen-bond donors (Lipinski definition) is 1. The summed E-state index contributed by atoms with van der Waals surface area (Å²) in [5, 5.41) is 12.0. The zero-order chi connectivity index (χ0) is 13.2. The third-order valence-corrected chi connectivity index (χ3v) is 3.53. The van der Waals surface area contributed by atoms with E-state index in [0.29, 0.717) is 5.89 Å². The normalized spacial score (nSPS) is 19.2. The summed E-state index contributed by atoms with van der Waals surface area (Å²) in [5.41, 5.74) is 1.96. The molecule has 3 heterocycles. The molecule has 0 amide bonds. The molecule has 3 rings (SSSR count). The monoisotopic (exact) mass is 261 g/mol. The molecule has 102 valence electrons. The molecular formula is C13H19N5O. The lowest BCUT2D eigenvalue weighted by atomic mass is 10.2. The molecule has 0 spiro atoms. The van der Waals surface area contributed by atoms with Crippen molar-refractivity contribution in [1.82, 2.24) is 25.2 Å². The van der Waals surface area contributed by atoms with Crippen LogP contribution in [0.3, 0.4) is 0 Å². The average Bonchev–Trinajstić information content (AvgIpc) is 3.16. The van der Waals surface area contributed by atoms with E-state index in [-0.39, 0.29) is 6.04 Å². The van der Waals surface area contributed by atoms with Gasteiger partial charge in [0.2, 0.25) is 0 Å². The number of nitrogens with zero attached hydrogens (tertiary/aromatic N) is 4. The first kappa shape index (κ1) is 12.3. The Morgan fingerprint density at radius 2 is 2.37 bits per heavy atom. The molecule has 0 saturated carbocycles. The molecule has 1 N–H and O–H groups in total. The summed E-state index contributed by atoms with van der Waals surface area (Å²) in [7, 11) is 0. The topological polar surface area (TPSA) is 68.8 Å². The van der Waals surface area contributed by atoms with Crippen LogP contribution >= 0.6 is 0 Å². The molecule has 0 bridgehead atoms. The van der Waals surface area contributed by atoms with Gasteiger partial charge in [-0.3, -0.25) is 4.68 Å². The minimum absolute atomic E-state index is 0.237. The van der Waals surface area contributed by atoms with Crippen molar-refractivity contribution in [3.8, 4) is 11.6 Å².